The van der Waals surface area contributed by atoms with E-state index in [0.29, 0.717) is 23.2 Å². The largest absolute Gasteiger partial charge is 0.439 e. The predicted molar refractivity (Wildman–Crippen MR) is 109 cm³/mol. The number of aromatic nitrogens is 3. The van der Waals surface area contributed by atoms with Crippen molar-refractivity contribution >= 4 is 22.6 Å². The van der Waals surface area contributed by atoms with Crippen molar-refractivity contribution in [2.45, 2.75) is 57.2 Å². The van der Waals surface area contributed by atoms with Gasteiger partial charge in [0.25, 0.3) is 0 Å². The number of rotatable bonds is 2. The van der Waals surface area contributed by atoms with Gasteiger partial charge in [-0.15, -0.1) is 0 Å². The monoisotopic (exact) mass is 392 g/mol. The number of fused-ring (bicyclic) bond motifs is 3. The number of aryl methyl sites for hydroxylation is 1. The maximum atomic E-state index is 13.0. The first-order chi connectivity index (χ1) is 14.1. The minimum atomic E-state index is -0.0846. The molecule has 3 atom stereocenters. The fourth-order valence-electron chi connectivity index (χ4n) is 4.65. The van der Waals surface area contributed by atoms with Gasteiger partial charge < -0.3 is 15.1 Å². The lowest BCUT2D eigenvalue weighted by atomic mass is 9.82. The topological polar surface area (TPSA) is 110 Å². The molecule has 0 aromatic carbocycles. The SMILES string of the molecule is Cc1ncc(-c2cc3cc(NC(=O)N4[C@@H]5CCC[C@H]4C[C@@H](N)C5)ncc3cn2)o1. The number of pyridine rings is 2. The van der Waals surface area contributed by atoms with Gasteiger partial charge in [-0.2, -0.15) is 0 Å². The molecule has 2 saturated heterocycles. The Hall–Kier alpha value is -3.00. The van der Waals surface area contributed by atoms with Crippen LogP contribution in [0.3, 0.4) is 0 Å². The van der Waals surface area contributed by atoms with Gasteiger partial charge in [-0.25, -0.2) is 14.8 Å². The Morgan fingerprint density at radius 2 is 1.86 bits per heavy atom. The number of nitrogens with zero attached hydrogens (tertiary/aromatic N) is 4. The number of hydrogen-bond acceptors (Lipinski definition) is 6. The summed E-state index contributed by atoms with van der Waals surface area (Å²) >= 11 is 0. The van der Waals surface area contributed by atoms with Gasteiger partial charge in [-0.05, 0) is 49.6 Å². The third-order valence-electron chi connectivity index (χ3n) is 5.96. The Labute approximate surface area is 168 Å². The Morgan fingerprint density at radius 1 is 1.10 bits per heavy atom. The van der Waals surface area contributed by atoms with Crippen LogP contribution in [0.5, 0.6) is 0 Å². The van der Waals surface area contributed by atoms with Crippen molar-refractivity contribution in [1.82, 2.24) is 19.9 Å². The summed E-state index contributed by atoms with van der Waals surface area (Å²) in [6, 6.07) is 4.35. The lowest BCUT2D eigenvalue weighted by molar-refractivity contribution is 0.0692. The number of oxazole rings is 1. The van der Waals surface area contributed by atoms with Gasteiger partial charge in [0.05, 0.1) is 6.20 Å². The fraction of sp³-hybridized carbons (Fsp3) is 0.429. The summed E-state index contributed by atoms with van der Waals surface area (Å²) in [7, 11) is 0. The molecule has 0 radical (unpaired) electrons. The normalized spacial score (nSPS) is 23.9. The van der Waals surface area contributed by atoms with Gasteiger partial charge in [0.15, 0.2) is 11.7 Å². The third-order valence-corrected chi connectivity index (χ3v) is 5.96. The standard InChI is InChI=1S/C21H24N6O2/c1-12-23-11-19(29-12)18-5-13-6-20(25-10-14(13)9-24-18)26-21(28)27-16-3-2-4-17(27)8-15(22)7-16/h5-6,9-11,15-17H,2-4,7-8,22H2,1H3,(H,25,26,28)/t15-,16+,17-. The van der Waals surface area contributed by atoms with Gasteiger partial charge in [0.1, 0.15) is 11.5 Å². The summed E-state index contributed by atoms with van der Waals surface area (Å²) in [6.07, 6.45) is 10.1. The zero-order valence-electron chi connectivity index (χ0n) is 16.3. The van der Waals surface area contributed by atoms with Crippen molar-refractivity contribution in [3.05, 3.63) is 36.6 Å². The lowest BCUT2D eigenvalue weighted by Crippen LogP contribution is -2.58. The molecule has 2 aliphatic rings. The van der Waals surface area contributed by atoms with Crippen LogP contribution in [-0.2, 0) is 0 Å². The van der Waals surface area contributed by atoms with E-state index in [1.54, 1.807) is 25.5 Å². The maximum absolute atomic E-state index is 13.0. The first kappa shape index (κ1) is 18.1. The van der Waals surface area contributed by atoms with Gasteiger partial charge in [0.2, 0.25) is 0 Å². The molecule has 3 N–H and O–H groups in total. The molecule has 0 unspecified atom stereocenters. The van der Waals surface area contributed by atoms with Crippen LogP contribution in [-0.4, -0.2) is 44.0 Å². The molecule has 0 aliphatic carbocycles. The smallest absolute Gasteiger partial charge is 0.323 e. The highest BCUT2D eigenvalue weighted by Crippen LogP contribution is 2.34. The van der Waals surface area contributed by atoms with E-state index in [-0.39, 0.29) is 24.2 Å². The second kappa shape index (κ2) is 7.11. The molecule has 0 saturated carbocycles. The molecule has 8 heteroatoms. The Kier molecular flexibility index (Phi) is 4.43. The molecule has 2 bridgehead atoms. The zero-order chi connectivity index (χ0) is 20.0. The van der Waals surface area contributed by atoms with Gasteiger partial charge in [-0.1, -0.05) is 0 Å². The molecule has 0 spiro atoms. The predicted octanol–water partition coefficient (Wildman–Crippen LogP) is 3.47. The summed E-state index contributed by atoms with van der Waals surface area (Å²) in [6.45, 7) is 1.80. The highest BCUT2D eigenvalue weighted by atomic mass is 16.4. The molecule has 8 nitrogen and oxygen atoms in total. The summed E-state index contributed by atoms with van der Waals surface area (Å²) in [5, 5.41) is 4.81. The minimum absolute atomic E-state index is 0.0846. The Bertz CT molecular complexity index is 1050. The molecule has 5 rings (SSSR count). The Morgan fingerprint density at radius 3 is 2.59 bits per heavy atom. The van der Waals surface area contributed by atoms with E-state index < -0.39 is 0 Å². The molecule has 3 aromatic heterocycles. The molecule has 5 heterocycles. The molecule has 29 heavy (non-hydrogen) atoms. The molecule has 2 amide bonds. The Balaban J connectivity index is 1.39. The highest BCUT2D eigenvalue weighted by Gasteiger charge is 2.39. The molecular weight excluding hydrogens is 368 g/mol. The number of nitrogens with one attached hydrogen (secondary N) is 1. The van der Waals surface area contributed by atoms with Crippen LogP contribution < -0.4 is 11.1 Å². The van der Waals surface area contributed by atoms with Gasteiger partial charge in [-0.3, -0.25) is 10.3 Å². The van der Waals surface area contributed by atoms with Crippen LogP contribution in [0.2, 0.25) is 0 Å². The average Bonchev–Trinajstić information content (AvgIpc) is 3.13. The third kappa shape index (κ3) is 3.44. The number of anilines is 1. The first-order valence-electron chi connectivity index (χ1n) is 10.1. The summed E-state index contributed by atoms with van der Waals surface area (Å²) in [5.41, 5.74) is 6.87. The zero-order valence-corrected chi connectivity index (χ0v) is 16.3. The van der Waals surface area contributed by atoms with E-state index in [0.717, 1.165) is 42.9 Å². The van der Waals surface area contributed by atoms with Crippen LogP contribution in [0.15, 0.2) is 35.1 Å². The highest BCUT2D eigenvalue weighted by molar-refractivity contribution is 5.92. The van der Waals surface area contributed by atoms with E-state index in [1.807, 2.05) is 17.0 Å². The van der Waals surface area contributed by atoms with Crippen molar-refractivity contribution in [3.8, 4) is 11.5 Å². The quantitative estimate of drug-likeness (QED) is 0.691. The van der Waals surface area contributed by atoms with Crippen LogP contribution >= 0.6 is 0 Å². The molecular formula is C21H24N6O2. The number of carbonyl (C=O) groups is 1. The van der Waals surface area contributed by atoms with Crippen molar-refractivity contribution in [1.29, 1.82) is 0 Å². The second-order valence-electron chi connectivity index (χ2n) is 8.04. The van der Waals surface area contributed by atoms with Crippen molar-refractivity contribution in [2.24, 2.45) is 5.73 Å². The number of urea groups is 1. The van der Waals surface area contributed by atoms with Crippen molar-refractivity contribution < 1.29 is 9.21 Å². The summed E-state index contributed by atoms with van der Waals surface area (Å²) in [4.78, 5) is 27.9. The summed E-state index contributed by atoms with van der Waals surface area (Å²) < 4.78 is 5.57. The average molecular weight is 392 g/mol. The molecule has 150 valence electrons. The number of hydrogen-bond donors (Lipinski definition) is 2. The van der Waals surface area contributed by atoms with E-state index in [9.17, 15) is 4.79 Å². The fourth-order valence-corrected chi connectivity index (χ4v) is 4.65. The van der Waals surface area contributed by atoms with E-state index >= 15 is 0 Å². The number of piperidine rings is 2. The van der Waals surface area contributed by atoms with Crippen molar-refractivity contribution in [3.63, 3.8) is 0 Å². The van der Waals surface area contributed by atoms with Gasteiger partial charge >= 0.3 is 6.03 Å². The number of carbonyl (C=O) groups excluding carboxylic acids is 1. The minimum Gasteiger partial charge on any atom is -0.439 e. The number of amides is 2. The maximum Gasteiger partial charge on any atom is 0.323 e. The molecule has 2 aliphatic heterocycles. The van der Waals surface area contributed by atoms with Gasteiger partial charge in [0, 0.05) is 42.8 Å². The second-order valence-corrected chi connectivity index (χ2v) is 8.04. The van der Waals surface area contributed by atoms with Crippen molar-refractivity contribution in [2.75, 3.05) is 5.32 Å². The van der Waals surface area contributed by atoms with Crippen LogP contribution in [0.25, 0.3) is 22.2 Å². The van der Waals surface area contributed by atoms with Crippen LogP contribution in [0.4, 0.5) is 10.6 Å². The van der Waals surface area contributed by atoms with E-state index in [4.69, 9.17) is 10.2 Å². The van der Waals surface area contributed by atoms with E-state index in [1.165, 1.54) is 0 Å². The first-order valence-corrected chi connectivity index (χ1v) is 10.1. The lowest BCUT2D eigenvalue weighted by Gasteiger charge is -2.47. The molecule has 3 aromatic rings. The van der Waals surface area contributed by atoms with E-state index in [2.05, 4.69) is 20.3 Å². The summed E-state index contributed by atoms with van der Waals surface area (Å²) in [5.74, 6) is 1.74. The van der Waals surface area contributed by atoms with Crippen LogP contribution in [0.1, 0.15) is 38.0 Å². The van der Waals surface area contributed by atoms with Crippen LogP contribution in [0, 0.1) is 6.92 Å². The number of nitrogens with two attached hydrogens (primary N) is 1. The molecule has 2 fully saturated rings.